The minimum absolute atomic E-state index is 0.0347. The van der Waals surface area contributed by atoms with Gasteiger partial charge in [0.2, 0.25) is 0 Å². The number of nitrogens with zero attached hydrogens (tertiary/aromatic N) is 1. The van der Waals surface area contributed by atoms with Crippen molar-refractivity contribution >= 4 is 5.97 Å². The Morgan fingerprint density at radius 2 is 2.00 bits per heavy atom. The van der Waals surface area contributed by atoms with Gasteiger partial charge in [-0.25, -0.2) is 4.79 Å². The van der Waals surface area contributed by atoms with E-state index < -0.39 is 5.97 Å². The van der Waals surface area contributed by atoms with Crippen molar-refractivity contribution < 1.29 is 14.3 Å². The third-order valence-electron chi connectivity index (χ3n) is 4.86. The number of hydrogen-bond donors (Lipinski definition) is 2. The fraction of sp³-hybridized carbons (Fsp3) is 0.238. The minimum atomic E-state index is -0.971. The summed E-state index contributed by atoms with van der Waals surface area (Å²) in [6, 6.07) is 13.8. The summed E-state index contributed by atoms with van der Waals surface area (Å²) in [4.78, 5) is 28.5. The summed E-state index contributed by atoms with van der Waals surface area (Å²) in [5.41, 5.74) is 2.70. The van der Waals surface area contributed by atoms with Gasteiger partial charge in [0.05, 0.1) is 12.1 Å². The number of rotatable bonds is 5. The van der Waals surface area contributed by atoms with Gasteiger partial charge in [0, 0.05) is 48.1 Å². The molecule has 2 N–H and O–H groups in total. The zero-order valence-electron chi connectivity index (χ0n) is 14.9. The third kappa shape index (κ3) is 3.57. The van der Waals surface area contributed by atoms with Gasteiger partial charge in [-0.3, -0.25) is 9.69 Å². The van der Waals surface area contributed by atoms with E-state index in [1.807, 2.05) is 19.1 Å². The number of aromatic amines is 1. The number of carboxylic acid groups (broad SMARTS) is 1. The van der Waals surface area contributed by atoms with Gasteiger partial charge in [-0.1, -0.05) is 18.2 Å². The van der Waals surface area contributed by atoms with Gasteiger partial charge >= 0.3 is 5.97 Å². The Morgan fingerprint density at radius 1 is 1.22 bits per heavy atom. The summed E-state index contributed by atoms with van der Waals surface area (Å²) in [5.74, 6) is 0.700. The molecule has 4 rings (SSSR count). The molecule has 0 bridgehead atoms. The lowest BCUT2D eigenvalue weighted by molar-refractivity contribution is 0.0697. The van der Waals surface area contributed by atoms with Crippen molar-refractivity contribution in [2.75, 3.05) is 13.1 Å². The van der Waals surface area contributed by atoms with Crippen molar-refractivity contribution in [3.8, 4) is 11.3 Å². The topological polar surface area (TPSA) is 86.5 Å². The molecule has 0 radical (unpaired) electrons. The molecule has 1 aromatic carbocycles. The summed E-state index contributed by atoms with van der Waals surface area (Å²) in [7, 11) is 0. The number of carboxylic acids is 1. The number of benzene rings is 1. The number of carbonyl (C=O) groups is 1. The van der Waals surface area contributed by atoms with Gasteiger partial charge in [0.25, 0.3) is 0 Å². The highest BCUT2D eigenvalue weighted by atomic mass is 16.4. The van der Waals surface area contributed by atoms with Crippen LogP contribution >= 0.6 is 0 Å². The molecule has 0 atom stereocenters. The lowest BCUT2D eigenvalue weighted by Gasteiger charge is -2.38. The highest BCUT2D eigenvalue weighted by molar-refractivity contribution is 5.95. The number of aromatic carboxylic acids is 1. The molecule has 3 aromatic rings. The first kappa shape index (κ1) is 17.3. The second kappa shape index (κ2) is 6.89. The van der Waals surface area contributed by atoms with E-state index in [1.54, 1.807) is 36.4 Å². The number of hydrogen-bond acceptors (Lipinski definition) is 4. The summed E-state index contributed by atoms with van der Waals surface area (Å²) >= 11 is 0. The van der Waals surface area contributed by atoms with E-state index >= 15 is 0 Å². The van der Waals surface area contributed by atoms with Crippen LogP contribution in [-0.4, -0.2) is 34.0 Å². The Bertz CT molecular complexity index is 1040. The van der Waals surface area contributed by atoms with Gasteiger partial charge in [-0.15, -0.1) is 0 Å². The predicted octanol–water partition coefficient (Wildman–Crippen LogP) is 3.24. The number of aromatic nitrogens is 1. The first-order valence-electron chi connectivity index (χ1n) is 8.84. The first-order valence-corrected chi connectivity index (χ1v) is 8.84. The number of aryl methyl sites for hydroxylation is 1. The normalized spacial score (nSPS) is 14.9. The van der Waals surface area contributed by atoms with Gasteiger partial charge in [0.1, 0.15) is 11.5 Å². The Kier molecular flexibility index (Phi) is 4.41. The van der Waals surface area contributed by atoms with E-state index in [2.05, 4.69) is 9.88 Å². The zero-order chi connectivity index (χ0) is 19.0. The summed E-state index contributed by atoms with van der Waals surface area (Å²) in [5, 5.41) is 9.33. The second-order valence-electron chi connectivity index (χ2n) is 6.96. The highest BCUT2D eigenvalue weighted by Gasteiger charge is 2.29. The maximum atomic E-state index is 11.7. The first-order chi connectivity index (χ1) is 13.0. The second-order valence-corrected chi connectivity index (χ2v) is 6.96. The van der Waals surface area contributed by atoms with Crippen LogP contribution in [0.3, 0.4) is 0 Å². The van der Waals surface area contributed by atoms with Crippen LogP contribution in [-0.2, 0) is 6.54 Å². The Hall–Kier alpha value is -3.12. The lowest BCUT2D eigenvalue weighted by Crippen LogP contribution is -2.44. The molecule has 0 aliphatic carbocycles. The van der Waals surface area contributed by atoms with Gasteiger partial charge in [-0.05, 0) is 25.1 Å². The molecule has 3 heterocycles. The van der Waals surface area contributed by atoms with Crippen molar-refractivity contribution in [3.63, 3.8) is 0 Å². The SMILES string of the molecule is Cc1cc(=O)cc(C2CN(Cc3ccc(-c4ccccc4C(=O)O)o3)C2)[nH]1. The Labute approximate surface area is 156 Å². The molecule has 27 heavy (non-hydrogen) atoms. The van der Waals surface area contributed by atoms with E-state index in [4.69, 9.17) is 4.42 Å². The largest absolute Gasteiger partial charge is 0.478 e. The third-order valence-corrected chi connectivity index (χ3v) is 4.86. The highest BCUT2D eigenvalue weighted by Crippen LogP contribution is 2.30. The molecule has 6 heteroatoms. The zero-order valence-corrected chi connectivity index (χ0v) is 14.9. The summed E-state index contributed by atoms with van der Waals surface area (Å²) in [6.07, 6.45) is 0. The van der Waals surface area contributed by atoms with Gasteiger partial charge in [-0.2, -0.15) is 0 Å². The van der Waals surface area contributed by atoms with E-state index in [1.165, 1.54) is 0 Å². The van der Waals surface area contributed by atoms with E-state index in [0.717, 1.165) is 30.2 Å². The van der Waals surface area contributed by atoms with Crippen LogP contribution in [0, 0.1) is 6.92 Å². The molecule has 1 aliphatic heterocycles. The van der Waals surface area contributed by atoms with Crippen LogP contribution in [0.1, 0.15) is 33.4 Å². The predicted molar refractivity (Wildman–Crippen MR) is 101 cm³/mol. The average Bonchev–Trinajstić information content (AvgIpc) is 3.05. The molecular formula is C21H20N2O4. The number of furan rings is 1. The molecule has 1 saturated heterocycles. The van der Waals surface area contributed by atoms with Crippen LogP contribution in [0.5, 0.6) is 0 Å². The van der Waals surface area contributed by atoms with Crippen molar-refractivity contribution in [3.05, 3.63) is 81.5 Å². The number of nitrogens with one attached hydrogen (secondary N) is 1. The van der Waals surface area contributed by atoms with Crippen molar-refractivity contribution in [1.29, 1.82) is 0 Å². The smallest absolute Gasteiger partial charge is 0.336 e. The monoisotopic (exact) mass is 364 g/mol. The molecule has 0 saturated carbocycles. The number of H-pyrrole nitrogens is 1. The molecule has 0 unspecified atom stereocenters. The molecule has 1 aliphatic rings. The van der Waals surface area contributed by atoms with Crippen molar-refractivity contribution in [1.82, 2.24) is 9.88 Å². The van der Waals surface area contributed by atoms with E-state index in [0.29, 0.717) is 23.8 Å². The lowest BCUT2D eigenvalue weighted by atomic mass is 9.95. The summed E-state index contributed by atoms with van der Waals surface area (Å²) in [6.45, 7) is 4.24. The van der Waals surface area contributed by atoms with Crippen LogP contribution in [0.4, 0.5) is 0 Å². The molecule has 2 aromatic heterocycles. The molecule has 0 spiro atoms. The van der Waals surface area contributed by atoms with Crippen LogP contribution in [0.25, 0.3) is 11.3 Å². The van der Waals surface area contributed by atoms with Crippen LogP contribution in [0.15, 0.2) is 57.7 Å². The average molecular weight is 364 g/mol. The molecule has 6 nitrogen and oxygen atoms in total. The maximum Gasteiger partial charge on any atom is 0.336 e. The fourth-order valence-corrected chi connectivity index (χ4v) is 3.54. The maximum absolute atomic E-state index is 11.7. The Balaban J connectivity index is 1.43. The Morgan fingerprint density at radius 3 is 2.74 bits per heavy atom. The number of likely N-dealkylation sites (tertiary alicyclic amines) is 1. The molecular weight excluding hydrogens is 344 g/mol. The molecule has 138 valence electrons. The molecule has 1 fully saturated rings. The molecule has 0 amide bonds. The van der Waals surface area contributed by atoms with Crippen molar-refractivity contribution in [2.45, 2.75) is 19.4 Å². The van der Waals surface area contributed by atoms with E-state index in [-0.39, 0.29) is 11.0 Å². The van der Waals surface area contributed by atoms with Crippen LogP contribution in [0.2, 0.25) is 0 Å². The van der Waals surface area contributed by atoms with Gasteiger partial charge < -0.3 is 14.5 Å². The fourth-order valence-electron chi connectivity index (χ4n) is 3.54. The summed E-state index contributed by atoms with van der Waals surface area (Å²) < 4.78 is 5.88. The standard InChI is InChI=1S/C21H20N2O4/c1-13-8-15(24)9-19(22-13)14-10-23(11-14)12-16-6-7-20(27-16)17-4-2-3-5-18(17)21(25)26/h2-9,14H,10-12H2,1H3,(H,22,24)(H,25,26). The quantitative estimate of drug-likeness (QED) is 0.726. The van der Waals surface area contributed by atoms with E-state index in [9.17, 15) is 14.7 Å². The number of pyridine rings is 1. The minimum Gasteiger partial charge on any atom is -0.478 e. The van der Waals surface area contributed by atoms with Crippen molar-refractivity contribution in [2.24, 2.45) is 0 Å². The van der Waals surface area contributed by atoms with Crippen LogP contribution < -0.4 is 5.43 Å². The van der Waals surface area contributed by atoms with Gasteiger partial charge in [0.15, 0.2) is 5.43 Å².